The number of hydrogen-bond acceptors (Lipinski definition) is 15. The molecule has 23 heteroatoms. The van der Waals surface area contributed by atoms with E-state index in [0.29, 0.717) is 30.8 Å². The molecule has 0 aliphatic heterocycles. The lowest BCUT2D eigenvalue weighted by Gasteiger charge is -2.22. The molecular formula is C25H35N13O10. The number of amides is 4. The third-order valence-electron chi connectivity index (χ3n) is 5.98. The van der Waals surface area contributed by atoms with Crippen LogP contribution in [0.5, 0.6) is 0 Å². The van der Waals surface area contributed by atoms with Crippen LogP contribution in [0.2, 0.25) is 0 Å². The highest BCUT2D eigenvalue weighted by Crippen LogP contribution is 2.23. The Morgan fingerprint density at radius 2 is 1.60 bits per heavy atom. The van der Waals surface area contributed by atoms with Crippen molar-refractivity contribution in [1.82, 2.24) is 16.0 Å². The summed E-state index contributed by atoms with van der Waals surface area (Å²) in [6.45, 7) is -0.610. The van der Waals surface area contributed by atoms with E-state index in [1.54, 1.807) is 6.08 Å². The number of carbonyl (C=O) groups excluding carboxylic acids is 5. The number of rotatable bonds is 21. The second-order valence-corrected chi connectivity index (χ2v) is 9.46. The van der Waals surface area contributed by atoms with E-state index < -0.39 is 54.4 Å². The predicted octanol–water partition coefficient (Wildman–Crippen LogP) is 2.13. The van der Waals surface area contributed by atoms with E-state index in [4.69, 9.17) is 41.8 Å². The highest BCUT2D eigenvalue weighted by atomic mass is 16.6. The van der Waals surface area contributed by atoms with Crippen LogP contribution in [0.4, 0.5) is 14.4 Å². The highest BCUT2D eigenvalue weighted by Gasteiger charge is 2.27. The minimum Gasteiger partial charge on any atom is -0.464 e. The van der Waals surface area contributed by atoms with Gasteiger partial charge in [0.2, 0.25) is 0 Å². The Labute approximate surface area is 272 Å². The maximum Gasteiger partial charge on any atom is 0.412 e. The number of nitrogens with zero attached hydrogens (tertiary/aromatic N) is 7. The third-order valence-corrected chi connectivity index (χ3v) is 5.98. The molecule has 48 heavy (non-hydrogen) atoms. The van der Waals surface area contributed by atoms with Gasteiger partial charge in [-0.1, -0.05) is 21.9 Å². The molecule has 0 saturated carbocycles. The van der Waals surface area contributed by atoms with Crippen molar-refractivity contribution in [1.29, 1.82) is 10.8 Å². The number of ether oxygens (including phenoxy) is 4. The van der Waals surface area contributed by atoms with Gasteiger partial charge in [0.1, 0.15) is 23.9 Å². The Balaban J connectivity index is 2.80. The summed E-state index contributed by atoms with van der Waals surface area (Å²) in [4.78, 5) is 77.0. The topological polar surface area (TPSA) is 359 Å². The standard InChI is InChI=1S/C25H35N13O10/c26-7-1-9-45-22(40)20(35-25(43)48-18(13-32-37-29)14-33-38-30)10-15-2-4-16(5-3-15)46-23(41)31-8-6-19(21(39)36-44)34-24(42)47-17(11-27)12-28/h2,4,11-12,17-20,27-28H,1,3,5-10,13-14,26H2,(H,31,41)(H,34,42)(H,35,43)/t17?,19?,20-/m0/s1. The van der Waals surface area contributed by atoms with Crippen molar-refractivity contribution in [2.75, 3.05) is 32.8 Å². The number of azide groups is 2. The van der Waals surface area contributed by atoms with Crippen molar-refractivity contribution in [2.45, 2.75) is 56.4 Å². The van der Waals surface area contributed by atoms with Gasteiger partial charge in [0.25, 0.3) is 0 Å². The quantitative estimate of drug-likeness (QED) is 0.0149. The number of nitrogens with two attached hydrogens (primary N) is 1. The molecule has 0 spiro atoms. The smallest absolute Gasteiger partial charge is 0.412 e. The molecule has 0 bridgehead atoms. The van der Waals surface area contributed by atoms with Crippen LogP contribution in [0, 0.1) is 15.7 Å². The molecule has 1 aliphatic carbocycles. The van der Waals surface area contributed by atoms with Crippen LogP contribution in [-0.2, 0) is 28.5 Å². The Morgan fingerprint density at radius 3 is 2.17 bits per heavy atom. The van der Waals surface area contributed by atoms with E-state index in [1.807, 2.05) is 0 Å². The minimum absolute atomic E-state index is 0.00165. The van der Waals surface area contributed by atoms with Crippen LogP contribution in [0.3, 0.4) is 0 Å². The number of carbonyl (C=O) groups is 5. The van der Waals surface area contributed by atoms with Gasteiger partial charge in [0.15, 0.2) is 6.10 Å². The van der Waals surface area contributed by atoms with Crippen LogP contribution in [0.25, 0.3) is 20.9 Å². The van der Waals surface area contributed by atoms with Crippen LogP contribution in [-0.4, -0.2) is 99.7 Å². The van der Waals surface area contributed by atoms with Crippen LogP contribution in [0.1, 0.15) is 32.1 Å². The molecule has 0 saturated heterocycles. The van der Waals surface area contributed by atoms with Crippen molar-refractivity contribution in [2.24, 2.45) is 21.1 Å². The summed E-state index contributed by atoms with van der Waals surface area (Å²) in [5, 5.41) is 29.7. The summed E-state index contributed by atoms with van der Waals surface area (Å²) >= 11 is 0. The molecule has 0 aromatic heterocycles. The van der Waals surface area contributed by atoms with Gasteiger partial charge in [0.05, 0.1) is 19.7 Å². The predicted molar refractivity (Wildman–Crippen MR) is 165 cm³/mol. The summed E-state index contributed by atoms with van der Waals surface area (Å²) < 4.78 is 20.2. The van der Waals surface area contributed by atoms with E-state index >= 15 is 0 Å². The number of hydrogen-bond donors (Lipinski definition) is 6. The Hall–Kier alpha value is -6.05. The zero-order valence-electron chi connectivity index (χ0n) is 25.5. The summed E-state index contributed by atoms with van der Waals surface area (Å²) in [6, 6.07) is -2.67. The summed E-state index contributed by atoms with van der Waals surface area (Å²) in [6.07, 6.45) is -0.576. The molecule has 0 aromatic carbocycles. The van der Waals surface area contributed by atoms with Crippen LogP contribution in [0.15, 0.2) is 38.9 Å². The molecule has 1 aliphatic rings. The first-order valence-corrected chi connectivity index (χ1v) is 14.2. The van der Waals surface area contributed by atoms with Crippen molar-refractivity contribution < 1.29 is 42.9 Å². The largest absolute Gasteiger partial charge is 0.464 e. The van der Waals surface area contributed by atoms with Gasteiger partial charge >= 0.3 is 30.2 Å². The van der Waals surface area contributed by atoms with Crippen molar-refractivity contribution in [3.63, 3.8) is 0 Å². The van der Waals surface area contributed by atoms with Gasteiger partial charge < -0.3 is 51.5 Å². The van der Waals surface area contributed by atoms with Gasteiger partial charge in [-0.25, -0.2) is 19.2 Å². The second kappa shape index (κ2) is 23.3. The highest BCUT2D eigenvalue weighted by molar-refractivity contribution is 5.89. The van der Waals surface area contributed by atoms with Crippen molar-refractivity contribution in [3.05, 3.63) is 49.3 Å². The summed E-state index contributed by atoms with van der Waals surface area (Å²) in [7, 11) is 0. The molecular weight excluding hydrogens is 642 g/mol. The molecule has 23 nitrogen and oxygen atoms in total. The molecule has 2 atom stereocenters. The fourth-order valence-corrected chi connectivity index (χ4v) is 3.65. The molecule has 0 heterocycles. The van der Waals surface area contributed by atoms with Crippen molar-refractivity contribution >= 4 is 42.6 Å². The molecule has 260 valence electrons. The normalized spacial score (nSPS) is 14.2. The maximum absolute atomic E-state index is 12.7. The molecule has 0 fully saturated rings. The van der Waals surface area contributed by atoms with E-state index in [0.717, 1.165) is 0 Å². The molecule has 0 aromatic rings. The van der Waals surface area contributed by atoms with E-state index in [2.05, 4.69) is 45.9 Å². The Bertz CT molecular complexity index is 1310. The summed E-state index contributed by atoms with van der Waals surface area (Å²) in [5.41, 5.74) is 23.2. The molecule has 4 amide bonds. The van der Waals surface area contributed by atoms with Crippen LogP contribution < -0.4 is 21.7 Å². The van der Waals surface area contributed by atoms with E-state index in [1.165, 1.54) is 6.08 Å². The minimum atomic E-state index is -1.46. The second-order valence-electron chi connectivity index (χ2n) is 9.46. The number of alkyl carbamates (subject to hydrolysis) is 3. The van der Waals surface area contributed by atoms with E-state index in [9.17, 15) is 28.9 Å². The van der Waals surface area contributed by atoms with Crippen LogP contribution >= 0.6 is 0 Å². The molecule has 1 rings (SSSR count). The first kappa shape index (κ1) is 40.0. The number of esters is 1. The van der Waals surface area contributed by atoms with Gasteiger partial charge in [-0.05, 0) is 49.4 Å². The lowest BCUT2D eigenvalue weighted by atomic mass is 9.97. The van der Waals surface area contributed by atoms with Crippen molar-refractivity contribution in [3.8, 4) is 0 Å². The Morgan fingerprint density at radius 1 is 0.958 bits per heavy atom. The first-order chi connectivity index (χ1) is 23.1. The fraction of sp³-hybridized carbons (Fsp3) is 0.560. The number of nitrogens with one attached hydrogen (secondary N) is 5. The monoisotopic (exact) mass is 677 g/mol. The molecule has 0 radical (unpaired) electrons. The lowest BCUT2D eigenvalue weighted by molar-refractivity contribution is -0.146. The zero-order valence-corrected chi connectivity index (χ0v) is 25.5. The summed E-state index contributed by atoms with van der Waals surface area (Å²) in [5.74, 6) is -1.79. The lowest BCUT2D eigenvalue weighted by Crippen LogP contribution is -2.44. The average Bonchev–Trinajstić information content (AvgIpc) is 3.08. The Kier molecular flexibility index (Phi) is 19.4. The first-order valence-electron chi connectivity index (χ1n) is 14.2. The van der Waals surface area contributed by atoms with Gasteiger partial charge in [-0.2, -0.15) is 0 Å². The number of nitroso groups, excluding NO2 is 1. The SMILES string of the molecule is [N-]=[N+]=NCC(CN=[N+]=[N-])OC(=O)N[C@@H](CC1=CC=C(OC(=O)NCCC(NC(=O)OC(C=N)C=N)C(=O)N=O)CC1)C(=O)OCCCN. The zero-order chi connectivity index (χ0) is 35.7. The van der Waals surface area contributed by atoms with Gasteiger partial charge in [-0.3, -0.25) is 4.79 Å². The fourth-order valence-electron chi connectivity index (χ4n) is 3.65. The van der Waals surface area contributed by atoms with Gasteiger partial charge in [-0.15, -0.1) is 4.91 Å². The van der Waals surface area contributed by atoms with Gasteiger partial charge in [0, 0.05) is 40.4 Å². The number of allylic oxidation sites excluding steroid dienone is 3. The maximum atomic E-state index is 12.7. The average molecular weight is 678 g/mol. The molecule has 7 N–H and O–H groups in total. The van der Waals surface area contributed by atoms with E-state index in [-0.39, 0.29) is 57.8 Å². The third kappa shape index (κ3) is 16.3. The molecule has 1 unspecified atom stereocenters.